The minimum absolute atomic E-state index is 0.173. The Hall–Kier alpha value is -4.21. The summed E-state index contributed by atoms with van der Waals surface area (Å²) in [5.41, 5.74) is 5.13. The molecule has 0 spiro atoms. The van der Waals surface area contributed by atoms with Crippen molar-refractivity contribution in [3.63, 3.8) is 0 Å². The van der Waals surface area contributed by atoms with Gasteiger partial charge >= 0.3 is 0 Å². The minimum Gasteiger partial charge on any atom is -0.340 e. The number of fused-ring (bicyclic) bond motifs is 2. The Labute approximate surface area is 182 Å². The maximum atomic E-state index is 12.2. The fourth-order valence-electron chi connectivity index (χ4n) is 3.72. The molecule has 148 valence electrons. The lowest BCUT2D eigenvalue weighted by atomic mass is 9.93. The number of carbonyl (C=O) groups excluding carboxylic acids is 2. The average molecular weight is 425 g/mol. The van der Waals surface area contributed by atoms with Crippen molar-refractivity contribution >= 4 is 35.3 Å². The molecule has 5 rings (SSSR count). The predicted molar refractivity (Wildman–Crippen MR) is 118 cm³/mol. The van der Waals surface area contributed by atoms with Crippen molar-refractivity contribution in [3.05, 3.63) is 88.1 Å². The topological polar surface area (TPSA) is 94.9 Å². The molecule has 6 nitrogen and oxygen atoms in total. The molecular weight excluding hydrogens is 412 g/mol. The van der Waals surface area contributed by atoms with Gasteiger partial charge in [-0.05, 0) is 48.0 Å². The number of aromatic nitrogens is 1. The van der Waals surface area contributed by atoms with Gasteiger partial charge in [-0.3, -0.25) is 14.9 Å². The molecule has 3 aromatic rings. The number of allylic oxidation sites excluding steroid dienone is 1. The van der Waals surface area contributed by atoms with Crippen LogP contribution in [0.1, 0.15) is 31.8 Å². The number of carbonyl (C=O) groups is 2. The van der Waals surface area contributed by atoms with Gasteiger partial charge < -0.3 is 5.32 Å². The lowest BCUT2D eigenvalue weighted by Gasteiger charge is -2.19. The number of nitrogens with zero attached hydrogens (tertiary/aromatic N) is 2. The second kappa shape index (κ2) is 6.94. The molecule has 0 saturated heterocycles. The second-order valence-electron chi connectivity index (χ2n) is 7.16. The van der Waals surface area contributed by atoms with Crippen LogP contribution < -0.4 is 10.6 Å². The first-order valence-corrected chi connectivity index (χ1v) is 9.71. The molecule has 31 heavy (non-hydrogen) atoms. The number of nitrogens with one attached hydrogen (secondary N) is 2. The van der Waals surface area contributed by atoms with Gasteiger partial charge in [0.05, 0.1) is 33.5 Å². The van der Waals surface area contributed by atoms with Crippen molar-refractivity contribution in [2.24, 2.45) is 0 Å². The lowest BCUT2D eigenvalue weighted by molar-refractivity contribution is 0.0879. The molecule has 3 heterocycles. The van der Waals surface area contributed by atoms with E-state index in [4.69, 9.17) is 16.6 Å². The zero-order valence-corrected chi connectivity index (χ0v) is 16.7. The first kappa shape index (κ1) is 18.8. The van der Waals surface area contributed by atoms with Gasteiger partial charge in [-0.2, -0.15) is 5.26 Å². The van der Waals surface area contributed by atoms with E-state index >= 15 is 0 Å². The summed E-state index contributed by atoms with van der Waals surface area (Å²) >= 11 is 6.38. The molecule has 2 aliphatic heterocycles. The standard InChI is InChI=1S/C24H13ClN4O2/c1-12-5-6-15-8-17(16-9-18-20(19(25)10-16)24(31)29-23(18)30)21(28-22(15)27-12)14-4-2-3-13(7-14)11-26/h2-10H,1H2,(H,27,28)(H,29,30,31). The number of halogens is 1. The van der Waals surface area contributed by atoms with Crippen LogP contribution in [0.25, 0.3) is 28.5 Å². The number of anilines is 1. The summed E-state index contributed by atoms with van der Waals surface area (Å²) in [5.74, 6) is -0.359. The highest BCUT2D eigenvalue weighted by atomic mass is 35.5. The Morgan fingerprint density at radius 2 is 1.81 bits per heavy atom. The Bertz CT molecular complexity index is 1420. The summed E-state index contributed by atoms with van der Waals surface area (Å²) in [6, 6.07) is 14.5. The van der Waals surface area contributed by atoms with Crippen LogP contribution >= 0.6 is 11.6 Å². The molecule has 0 saturated carbocycles. The molecule has 2 aromatic carbocycles. The maximum absolute atomic E-state index is 12.2. The summed E-state index contributed by atoms with van der Waals surface area (Å²) < 4.78 is 0. The molecule has 2 amide bonds. The predicted octanol–water partition coefficient (Wildman–Crippen LogP) is 4.78. The van der Waals surface area contributed by atoms with Gasteiger partial charge in [0.1, 0.15) is 5.82 Å². The van der Waals surface area contributed by atoms with Gasteiger partial charge in [0, 0.05) is 22.4 Å². The molecule has 2 aliphatic rings. The minimum atomic E-state index is -0.507. The van der Waals surface area contributed by atoms with E-state index < -0.39 is 11.8 Å². The van der Waals surface area contributed by atoms with Gasteiger partial charge in [0.25, 0.3) is 11.8 Å². The van der Waals surface area contributed by atoms with Crippen LogP contribution in [0.4, 0.5) is 5.82 Å². The quantitative estimate of drug-likeness (QED) is 0.577. The molecule has 0 fully saturated rings. The molecule has 0 radical (unpaired) electrons. The summed E-state index contributed by atoms with van der Waals surface area (Å²) in [7, 11) is 0. The van der Waals surface area contributed by atoms with Crippen LogP contribution in [0, 0.1) is 11.3 Å². The van der Waals surface area contributed by atoms with Crippen molar-refractivity contribution in [2.75, 3.05) is 5.32 Å². The van der Waals surface area contributed by atoms with Gasteiger partial charge in [0.15, 0.2) is 0 Å². The van der Waals surface area contributed by atoms with Crippen LogP contribution in [0.15, 0.2) is 60.8 Å². The first-order chi connectivity index (χ1) is 14.9. The number of pyridine rings is 1. The highest BCUT2D eigenvalue weighted by Crippen LogP contribution is 2.39. The summed E-state index contributed by atoms with van der Waals surface area (Å²) in [4.78, 5) is 29.1. The fraction of sp³-hybridized carbons (Fsp3) is 0. The van der Waals surface area contributed by atoms with Gasteiger partial charge in [-0.25, -0.2) is 4.98 Å². The van der Waals surface area contributed by atoms with E-state index in [1.807, 2.05) is 24.3 Å². The van der Waals surface area contributed by atoms with Crippen LogP contribution in [0.5, 0.6) is 0 Å². The smallest absolute Gasteiger partial charge is 0.260 e. The van der Waals surface area contributed by atoms with E-state index in [1.165, 1.54) is 0 Å². The van der Waals surface area contributed by atoms with Crippen molar-refractivity contribution in [1.82, 2.24) is 10.3 Å². The number of amides is 2. The van der Waals surface area contributed by atoms with Crippen LogP contribution in [0.2, 0.25) is 5.02 Å². The summed E-state index contributed by atoms with van der Waals surface area (Å²) in [6.45, 7) is 3.91. The van der Waals surface area contributed by atoms with Gasteiger partial charge in [0.2, 0.25) is 0 Å². The first-order valence-electron chi connectivity index (χ1n) is 9.34. The number of hydrogen-bond donors (Lipinski definition) is 2. The zero-order valence-electron chi connectivity index (χ0n) is 16.0. The second-order valence-corrected chi connectivity index (χ2v) is 7.57. The van der Waals surface area contributed by atoms with E-state index in [-0.39, 0.29) is 16.1 Å². The molecule has 2 N–H and O–H groups in total. The van der Waals surface area contributed by atoms with Crippen molar-refractivity contribution in [2.45, 2.75) is 0 Å². The monoisotopic (exact) mass is 424 g/mol. The number of imide groups is 1. The van der Waals surface area contributed by atoms with E-state index in [2.05, 4.69) is 23.3 Å². The van der Waals surface area contributed by atoms with Gasteiger partial charge in [-0.15, -0.1) is 0 Å². The van der Waals surface area contributed by atoms with Crippen LogP contribution in [-0.4, -0.2) is 16.8 Å². The maximum Gasteiger partial charge on any atom is 0.260 e. The highest BCUT2D eigenvalue weighted by molar-refractivity contribution is 6.37. The zero-order chi connectivity index (χ0) is 21.7. The molecule has 0 bridgehead atoms. The summed E-state index contributed by atoms with van der Waals surface area (Å²) in [6.07, 6.45) is 3.73. The Kier molecular flexibility index (Phi) is 4.21. The average Bonchev–Trinajstić information content (AvgIpc) is 3.06. The Balaban J connectivity index is 1.79. The number of benzene rings is 2. The van der Waals surface area contributed by atoms with E-state index in [0.29, 0.717) is 33.9 Å². The Morgan fingerprint density at radius 1 is 0.968 bits per heavy atom. The molecule has 7 heteroatoms. The Morgan fingerprint density at radius 3 is 2.61 bits per heavy atom. The number of rotatable bonds is 2. The molecule has 0 aliphatic carbocycles. The van der Waals surface area contributed by atoms with Gasteiger partial charge in [-0.1, -0.05) is 30.3 Å². The molecule has 0 atom stereocenters. The van der Waals surface area contributed by atoms with E-state index in [1.54, 1.807) is 30.3 Å². The SMILES string of the molecule is C=C1C=Cc2cc(-c3cc(Cl)c4c(c3)C(=O)NC4=O)c(-c3cccc(C#N)c3)nc2N1. The molecular formula is C24H13ClN4O2. The van der Waals surface area contributed by atoms with E-state index in [0.717, 1.165) is 11.1 Å². The number of hydrogen-bond acceptors (Lipinski definition) is 5. The lowest BCUT2D eigenvalue weighted by Crippen LogP contribution is -2.20. The highest BCUT2D eigenvalue weighted by Gasteiger charge is 2.30. The van der Waals surface area contributed by atoms with Crippen molar-refractivity contribution in [3.8, 4) is 28.5 Å². The third-order valence-electron chi connectivity index (χ3n) is 5.16. The van der Waals surface area contributed by atoms with Crippen LogP contribution in [-0.2, 0) is 0 Å². The largest absolute Gasteiger partial charge is 0.340 e. The van der Waals surface area contributed by atoms with Crippen LogP contribution in [0.3, 0.4) is 0 Å². The van der Waals surface area contributed by atoms with Crippen molar-refractivity contribution < 1.29 is 9.59 Å². The normalized spacial score (nSPS) is 13.9. The summed E-state index contributed by atoms with van der Waals surface area (Å²) in [5, 5.41) is 14.9. The number of nitriles is 1. The third-order valence-corrected chi connectivity index (χ3v) is 5.46. The van der Waals surface area contributed by atoms with E-state index in [9.17, 15) is 14.9 Å². The third kappa shape index (κ3) is 3.08. The molecule has 1 aromatic heterocycles. The fourth-order valence-corrected chi connectivity index (χ4v) is 4.03. The van der Waals surface area contributed by atoms with Crippen molar-refractivity contribution in [1.29, 1.82) is 5.26 Å². The molecule has 0 unspecified atom stereocenters.